The number of ether oxygens (including phenoxy) is 1. The molecule has 0 heterocycles. The third-order valence-corrected chi connectivity index (χ3v) is 3.90. The largest absolute Gasteiger partial charge is 0.478 e. The third-order valence-electron chi connectivity index (χ3n) is 3.90. The third kappa shape index (κ3) is 9.00. The molecule has 0 amide bonds. The molecular formula is C18H30O11. The first kappa shape index (κ1) is 27.1. The van der Waals surface area contributed by atoms with E-state index in [-0.39, 0.29) is 37.2 Å². The van der Waals surface area contributed by atoms with Crippen LogP contribution in [0.15, 0.2) is 23.3 Å². The molecule has 2 aliphatic rings. The summed E-state index contributed by atoms with van der Waals surface area (Å²) in [7, 11) is 0. The van der Waals surface area contributed by atoms with E-state index in [9.17, 15) is 24.9 Å². The molecule has 0 aliphatic heterocycles. The highest BCUT2D eigenvalue weighted by atomic mass is 16.5. The molecule has 0 saturated carbocycles. The van der Waals surface area contributed by atoms with Gasteiger partial charge in [-0.25, -0.2) is 9.59 Å². The van der Waals surface area contributed by atoms with Crippen molar-refractivity contribution in [3.05, 3.63) is 23.3 Å². The van der Waals surface area contributed by atoms with E-state index in [4.69, 9.17) is 30.3 Å². The van der Waals surface area contributed by atoms with E-state index in [2.05, 4.69) is 0 Å². The number of carboxylic acids is 1. The summed E-state index contributed by atoms with van der Waals surface area (Å²) in [5, 5.41) is 70.8. The van der Waals surface area contributed by atoms with E-state index in [1.807, 2.05) is 0 Å². The Hall–Kier alpha value is -1.86. The monoisotopic (exact) mass is 422 g/mol. The molecule has 0 aromatic rings. The molecule has 29 heavy (non-hydrogen) atoms. The molecule has 6 atom stereocenters. The SMILES string of the molecule is CCO.CCOC(=O)C1=C[C@@H](O)[C@@H](O)[C@H](O)C1.O=C(O)C1=C[C@@H](O)[C@@H](O)[C@H](O)C1. The molecule has 0 radical (unpaired) electrons. The first-order chi connectivity index (χ1) is 13.5. The van der Waals surface area contributed by atoms with Gasteiger partial charge in [0.25, 0.3) is 0 Å². The normalized spacial score (nSPS) is 31.1. The predicted molar refractivity (Wildman–Crippen MR) is 98.5 cm³/mol. The van der Waals surface area contributed by atoms with Crippen molar-refractivity contribution < 1.29 is 55.2 Å². The van der Waals surface area contributed by atoms with Gasteiger partial charge in [0.1, 0.15) is 24.4 Å². The Morgan fingerprint density at radius 2 is 1.28 bits per heavy atom. The average Bonchev–Trinajstić information content (AvgIpc) is 2.64. The van der Waals surface area contributed by atoms with Crippen molar-refractivity contribution >= 4 is 11.9 Å². The van der Waals surface area contributed by atoms with Crippen LogP contribution in [0.5, 0.6) is 0 Å². The lowest BCUT2D eigenvalue weighted by Crippen LogP contribution is -2.41. The maximum atomic E-state index is 11.2. The van der Waals surface area contributed by atoms with Crippen molar-refractivity contribution in [1.82, 2.24) is 0 Å². The fourth-order valence-electron chi connectivity index (χ4n) is 2.43. The number of carbonyl (C=O) groups is 2. The van der Waals surface area contributed by atoms with Crippen LogP contribution in [0.25, 0.3) is 0 Å². The number of hydrogen-bond donors (Lipinski definition) is 8. The molecule has 0 unspecified atom stereocenters. The van der Waals surface area contributed by atoms with Gasteiger partial charge in [-0.1, -0.05) is 0 Å². The molecule has 11 heteroatoms. The van der Waals surface area contributed by atoms with Crippen LogP contribution >= 0.6 is 0 Å². The van der Waals surface area contributed by atoms with Crippen molar-refractivity contribution in [1.29, 1.82) is 0 Å². The second-order valence-electron chi connectivity index (χ2n) is 6.23. The van der Waals surface area contributed by atoms with E-state index in [0.29, 0.717) is 0 Å². The van der Waals surface area contributed by atoms with Crippen LogP contribution in [0.2, 0.25) is 0 Å². The number of carboxylic acid groups (broad SMARTS) is 1. The summed E-state index contributed by atoms with van der Waals surface area (Å²) < 4.78 is 4.70. The quantitative estimate of drug-likeness (QED) is 0.222. The van der Waals surface area contributed by atoms with E-state index >= 15 is 0 Å². The predicted octanol–water partition coefficient (Wildman–Crippen LogP) is -2.56. The van der Waals surface area contributed by atoms with Crippen molar-refractivity contribution in [2.45, 2.75) is 63.3 Å². The molecular weight excluding hydrogens is 392 g/mol. The van der Waals surface area contributed by atoms with E-state index < -0.39 is 48.6 Å². The summed E-state index contributed by atoms with van der Waals surface area (Å²) in [6.45, 7) is 3.84. The number of carbonyl (C=O) groups excluding carboxylic acids is 1. The van der Waals surface area contributed by atoms with Gasteiger partial charge in [-0.15, -0.1) is 0 Å². The fourth-order valence-corrected chi connectivity index (χ4v) is 2.43. The summed E-state index contributed by atoms with van der Waals surface area (Å²) in [5.41, 5.74) is 0.137. The van der Waals surface area contributed by atoms with Crippen LogP contribution < -0.4 is 0 Å². The maximum absolute atomic E-state index is 11.2. The minimum atomic E-state index is -1.29. The highest BCUT2D eigenvalue weighted by molar-refractivity contribution is 5.89. The van der Waals surface area contributed by atoms with Crippen LogP contribution in [0.1, 0.15) is 26.7 Å². The smallest absolute Gasteiger partial charge is 0.333 e. The van der Waals surface area contributed by atoms with Gasteiger partial charge in [0.15, 0.2) is 0 Å². The van der Waals surface area contributed by atoms with Gasteiger partial charge < -0.3 is 45.6 Å². The molecule has 8 N–H and O–H groups in total. The summed E-state index contributed by atoms with van der Waals surface area (Å²) >= 11 is 0. The highest BCUT2D eigenvalue weighted by Gasteiger charge is 2.32. The lowest BCUT2D eigenvalue weighted by atomic mass is 9.92. The van der Waals surface area contributed by atoms with Gasteiger partial charge in [0, 0.05) is 30.6 Å². The van der Waals surface area contributed by atoms with Crippen LogP contribution in [-0.2, 0) is 14.3 Å². The summed E-state index contributed by atoms with van der Waals surface area (Å²) in [6, 6.07) is 0. The zero-order valence-corrected chi connectivity index (χ0v) is 16.2. The van der Waals surface area contributed by atoms with Crippen LogP contribution in [-0.4, -0.2) is 103 Å². The lowest BCUT2D eigenvalue weighted by molar-refractivity contribution is -0.140. The number of esters is 1. The Kier molecular flexibility index (Phi) is 12.5. The number of aliphatic carboxylic acids is 1. The Balaban J connectivity index is 0.000000481. The standard InChI is InChI=1S/C9H14O5.C7H10O5.C2H6O/c1-2-14-9(13)5-3-6(10)8(12)7(11)4-5;8-4-1-3(7(11)12)2-5(9)6(4)10;1-2-3/h3,6-8,10-12H,2,4H2,1H3;1,4-6,8-10H,2H2,(H,11,12);3H,2H2,1H3/t6-,7-,8-;4-,5-,6-;/m11./s1. The van der Waals surface area contributed by atoms with Gasteiger partial charge in [0.05, 0.1) is 18.8 Å². The van der Waals surface area contributed by atoms with Gasteiger partial charge in [-0.05, 0) is 26.0 Å². The molecule has 11 nitrogen and oxygen atoms in total. The van der Waals surface area contributed by atoms with Crippen molar-refractivity contribution in [2.75, 3.05) is 13.2 Å². The van der Waals surface area contributed by atoms with Gasteiger partial charge in [-0.2, -0.15) is 0 Å². The Labute approximate surface area is 167 Å². The second kappa shape index (κ2) is 13.4. The van der Waals surface area contributed by atoms with Crippen LogP contribution in [0.4, 0.5) is 0 Å². The van der Waals surface area contributed by atoms with Crippen molar-refractivity contribution in [3.8, 4) is 0 Å². The summed E-state index contributed by atoms with van der Waals surface area (Å²) in [5.74, 6) is -1.74. The van der Waals surface area contributed by atoms with Gasteiger partial charge in [-0.3, -0.25) is 0 Å². The first-order valence-corrected chi connectivity index (χ1v) is 9.01. The van der Waals surface area contributed by atoms with Crippen molar-refractivity contribution in [2.24, 2.45) is 0 Å². The van der Waals surface area contributed by atoms with Gasteiger partial charge in [0.2, 0.25) is 0 Å². The number of aliphatic hydroxyl groups excluding tert-OH is 7. The van der Waals surface area contributed by atoms with Gasteiger partial charge >= 0.3 is 11.9 Å². The summed E-state index contributed by atoms with van der Waals surface area (Å²) in [4.78, 5) is 21.6. The minimum absolute atomic E-state index is 0.0110. The lowest BCUT2D eigenvalue weighted by Gasteiger charge is -2.26. The second-order valence-corrected chi connectivity index (χ2v) is 6.23. The minimum Gasteiger partial charge on any atom is -0.478 e. The molecule has 168 valence electrons. The molecule has 0 aromatic heterocycles. The Bertz CT molecular complexity index is 586. The fraction of sp³-hybridized carbons (Fsp3) is 0.667. The molecule has 2 rings (SSSR count). The molecule has 2 aliphatic carbocycles. The maximum Gasteiger partial charge on any atom is 0.333 e. The molecule has 0 spiro atoms. The van der Waals surface area contributed by atoms with Crippen LogP contribution in [0.3, 0.4) is 0 Å². The van der Waals surface area contributed by atoms with E-state index in [0.717, 1.165) is 6.08 Å². The molecule has 0 aromatic carbocycles. The number of aliphatic hydroxyl groups is 7. The Morgan fingerprint density at radius 1 is 0.897 bits per heavy atom. The molecule has 0 bridgehead atoms. The van der Waals surface area contributed by atoms with Crippen LogP contribution in [0, 0.1) is 0 Å². The molecule has 0 fully saturated rings. The van der Waals surface area contributed by atoms with E-state index in [1.165, 1.54) is 6.08 Å². The number of rotatable bonds is 3. The molecule has 0 saturated heterocycles. The zero-order chi connectivity index (χ0) is 22.7. The van der Waals surface area contributed by atoms with E-state index in [1.54, 1.807) is 13.8 Å². The Morgan fingerprint density at radius 3 is 1.62 bits per heavy atom. The van der Waals surface area contributed by atoms with Crippen molar-refractivity contribution in [3.63, 3.8) is 0 Å². The zero-order valence-electron chi connectivity index (χ0n) is 16.2. The number of hydrogen-bond acceptors (Lipinski definition) is 10. The summed E-state index contributed by atoms with van der Waals surface area (Å²) in [6.07, 6.45) is -5.19. The highest BCUT2D eigenvalue weighted by Crippen LogP contribution is 2.20. The average molecular weight is 422 g/mol. The first-order valence-electron chi connectivity index (χ1n) is 9.01. The topological polar surface area (TPSA) is 205 Å².